The van der Waals surface area contributed by atoms with Gasteiger partial charge in [-0.25, -0.2) is 4.79 Å². The van der Waals surface area contributed by atoms with Crippen LogP contribution in [0, 0.1) is 0 Å². The summed E-state index contributed by atoms with van der Waals surface area (Å²) in [6.45, 7) is 4.97. The number of piperazine rings is 1. The average Bonchev–Trinajstić information content (AvgIpc) is 2.77. The lowest BCUT2D eigenvalue weighted by molar-refractivity contribution is -0.117. The van der Waals surface area contributed by atoms with Gasteiger partial charge in [-0.2, -0.15) is 0 Å². The van der Waals surface area contributed by atoms with Crippen LogP contribution in [-0.4, -0.2) is 81.9 Å². The fourth-order valence-corrected chi connectivity index (χ4v) is 3.47. The van der Waals surface area contributed by atoms with Crippen LogP contribution in [0.5, 0.6) is 11.5 Å². The van der Waals surface area contributed by atoms with Crippen LogP contribution in [0.1, 0.15) is 18.4 Å². The number of amides is 2. The highest BCUT2D eigenvalue weighted by Crippen LogP contribution is 2.29. The summed E-state index contributed by atoms with van der Waals surface area (Å²) in [5, 5.41) is 2.97. The molecule has 2 aliphatic heterocycles. The zero-order valence-corrected chi connectivity index (χ0v) is 17.1. The smallest absolute Gasteiger partial charge is 0.409 e. The average molecular weight is 403 g/mol. The summed E-state index contributed by atoms with van der Waals surface area (Å²) in [6.07, 6.45) is 3.50. The van der Waals surface area contributed by atoms with Gasteiger partial charge in [-0.3, -0.25) is 9.69 Å². The third-order valence-corrected chi connectivity index (χ3v) is 5.21. The predicted octanol–water partition coefficient (Wildman–Crippen LogP) is 1.75. The molecular weight excluding hydrogens is 374 g/mol. The number of carbonyl (C=O) groups excluding carboxylic acids is 2. The molecule has 0 atom stereocenters. The third kappa shape index (κ3) is 5.63. The highest BCUT2D eigenvalue weighted by atomic mass is 16.5. The number of nitrogens with one attached hydrogen (secondary N) is 1. The van der Waals surface area contributed by atoms with Crippen molar-refractivity contribution in [1.29, 1.82) is 0 Å². The van der Waals surface area contributed by atoms with E-state index in [0.29, 0.717) is 25.2 Å². The Labute approximate surface area is 171 Å². The van der Waals surface area contributed by atoms with Gasteiger partial charge >= 0.3 is 6.09 Å². The topological polar surface area (TPSA) is 80.3 Å². The molecule has 1 N–H and O–H groups in total. The highest BCUT2D eigenvalue weighted by Gasteiger charge is 2.21. The number of methoxy groups -OCH3 is 2. The zero-order chi connectivity index (χ0) is 20.6. The molecule has 0 spiro atoms. The lowest BCUT2D eigenvalue weighted by atomic mass is 10.1. The molecule has 0 unspecified atom stereocenters. The summed E-state index contributed by atoms with van der Waals surface area (Å²) in [5.74, 6) is 1.40. The van der Waals surface area contributed by atoms with Crippen LogP contribution in [-0.2, 0) is 9.53 Å². The van der Waals surface area contributed by atoms with Gasteiger partial charge in [0.15, 0.2) is 0 Å². The van der Waals surface area contributed by atoms with Crippen LogP contribution < -0.4 is 14.8 Å². The van der Waals surface area contributed by atoms with Gasteiger partial charge in [0.05, 0.1) is 19.8 Å². The molecule has 0 radical (unpaired) electrons. The fraction of sp³-hybridized carbons (Fsp3) is 0.524. The van der Waals surface area contributed by atoms with Crippen molar-refractivity contribution in [3.8, 4) is 11.5 Å². The van der Waals surface area contributed by atoms with E-state index in [1.165, 1.54) is 7.11 Å². The molecular formula is C21H29N3O5. The number of ether oxygens (including phenoxy) is 3. The lowest BCUT2D eigenvalue weighted by Crippen LogP contribution is -2.48. The maximum absolute atomic E-state index is 12.4. The van der Waals surface area contributed by atoms with Gasteiger partial charge in [-0.05, 0) is 43.7 Å². The van der Waals surface area contributed by atoms with E-state index in [0.717, 1.165) is 49.5 Å². The lowest BCUT2D eigenvalue weighted by Gasteiger charge is -2.33. The van der Waals surface area contributed by atoms with Crippen LogP contribution in [0.4, 0.5) is 4.79 Å². The normalized spacial score (nSPS) is 16.3. The van der Waals surface area contributed by atoms with Crippen molar-refractivity contribution < 1.29 is 23.8 Å². The molecule has 1 aromatic rings. The maximum atomic E-state index is 12.4. The van der Waals surface area contributed by atoms with E-state index in [9.17, 15) is 9.59 Å². The third-order valence-electron chi connectivity index (χ3n) is 5.21. The quantitative estimate of drug-likeness (QED) is 0.699. The minimum absolute atomic E-state index is 0.0924. The Bertz CT molecular complexity index is 757. The molecule has 0 aromatic heterocycles. The standard InChI is InChI=1S/C21H29N3O5/c1-27-18-5-6-19-16(14-18)13-17(15-29-19)20(25)22-7-3-4-8-23-9-11-24(12-10-23)21(26)28-2/h5-6,13-14H,3-4,7-12,15H2,1-2H3,(H,22,25). The van der Waals surface area contributed by atoms with E-state index in [1.807, 2.05) is 24.3 Å². The molecule has 158 valence electrons. The molecule has 0 bridgehead atoms. The first kappa shape index (κ1) is 21.0. The van der Waals surface area contributed by atoms with E-state index in [1.54, 1.807) is 12.0 Å². The number of benzene rings is 1. The minimum atomic E-state index is -0.255. The second kappa shape index (κ2) is 10.2. The molecule has 0 aliphatic carbocycles. The summed E-state index contributed by atoms with van der Waals surface area (Å²) >= 11 is 0. The summed E-state index contributed by atoms with van der Waals surface area (Å²) in [7, 11) is 3.02. The van der Waals surface area contributed by atoms with Crippen LogP contribution in [0.15, 0.2) is 23.8 Å². The second-order valence-electron chi connectivity index (χ2n) is 7.12. The summed E-state index contributed by atoms with van der Waals surface area (Å²) in [6, 6.07) is 5.55. The van der Waals surface area contributed by atoms with Crippen LogP contribution in [0.25, 0.3) is 6.08 Å². The number of hydrogen-bond acceptors (Lipinski definition) is 6. The predicted molar refractivity (Wildman–Crippen MR) is 109 cm³/mol. The number of carbonyl (C=O) groups is 2. The van der Waals surface area contributed by atoms with Crippen molar-refractivity contribution in [2.24, 2.45) is 0 Å². The SMILES string of the molecule is COC(=O)N1CCN(CCCCNC(=O)C2=Cc3cc(OC)ccc3OC2)CC1. The number of hydrogen-bond donors (Lipinski definition) is 1. The molecule has 3 rings (SSSR count). The Morgan fingerprint density at radius 1 is 1.14 bits per heavy atom. The largest absolute Gasteiger partial charge is 0.497 e. The van der Waals surface area contributed by atoms with Gasteiger partial charge in [0.2, 0.25) is 0 Å². The first-order valence-corrected chi connectivity index (χ1v) is 9.95. The van der Waals surface area contributed by atoms with Gasteiger partial charge in [-0.15, -0.1) is 0 Å². The van der Waals surface area contributed by atoms with Gasteiger partial charge in [-0.1, -0.05) is 0 Å². The van der Waals surface area contributed by atoms with E-state index >= 15 is 0 Å². The van der Waals surface area contributed by atoms with Crippen molar-refractivity contribution in [3.05, 3.63) is 29.3 Å². The van der Waals surface area contributed by atoms with Gasteiger partial charge in [0.25, 0.3) is 5.91 Å². The minimum Gasteiger partial charge on any atom is -0.497 e. The molecule has 8 nitrogen and oxygen atoms in total. The first-order chi connectivity index (χ1) is 14.1. The molecule has 2 amide bonds. The summed E-state index contributed by atoms with van der Waals surface area (Å²) < 4.78 is 15.6. The Morgan fingerprint density at radius 3 is 2.66 bits per heavy atom. The Hall–Kier alpha value is -2.74. The summed E-state index contributed by atoms with van der Waals surface area (Å²) in [4.78, 5) is 28.0. The maximum Gasteiger partial charge on any atom is 0.409 e. The second-order valence-corrected chi connectivity index (χ2v) is 7.12. The van der Waals surface area contributed by atoms with E-state index in [2.05, 4.69) is 10.2 Å². The first-order valence-electron chi connectivity index (χ1n) is 9.95. The van der Waals surface area contributed by atoms with E-state index in [4.69, 9.17) is 14.2 Å². The number of rotatable bonds is 7. The van der Waals surface area contributed by atoms with Crippen molar-refractivity contribution in [1.82, 2.24) is 15.1 Å². The molecule has 1 aromatic carbocycles. The Kier molecular flexibility index (Phi) is 7.35. The highest BCUT2D eigenvalue weighted by molar-refractivity contribution is 5.99. The van der Waals surface area contributed by atoms with E-state index in [-0.39, 0.29) is 18.6 Å². The van der Waals surface area contributed by atoms with Crippen molar-refractivity contribution in [2.75, 3.05) is 60.1 Å². The van der Waals surface area contributed by atoms with Crippen LogP contribution >= 0.6 is 0 Å². The molecule has 29 heavy (non-hydrogen) atoms. The molecule has 1 saturated heterocycles. The van der Waals surface area contributed by atoms with Gasteiger partial charge in [0, 0.05) is 38.3 Å². The van der Waals surface area contributed by atoms with Crippen LogP contribution in [0.3, 0.4) is 0 Å². The Balaban J connectivity index is 1.35. The number of nitrogens with zero attached hydrogens (tertiary/aromatic N) is 2. The molecule has 8 heteroatoms. The van der Waals surface area contributed by atoms with Crippen molar-refractivity contribution >= 4 is 18.1 Å². The fourth-order valence-electron chi connectivity index (χ4n) is 3.47. The van der Waals surface area contributed by atoms with Crippen molar-refractivity contribution in [3.63, 3.8) is 0 Å². The van der Waals surface area contributed by atoms with Crippen molar-refractivity contribution in [2.45, 2.75) is 12.8 Å². The molecule has 0 saturated carbocycles. The van der Waals surface area contributed by atoms with Gasteiger partial charge in [0.1, 0.15) is 18.1 Å². The molecule has 2 aliphatic rings. The summed E-state index contributed by atoms with van der Waals surface area (Å²) in [5.41, 5.74) is 1.47. The molecule has 2 heterocycles. The monoisotopic (exact) mass is 403 g/mol. The van der Waals surface area contributed by atoms with E-state index < -0.39 is 0 Å². The van der Waals surface area contributed by atoms with Gasteiger partial charge < -0.3 is 24.4 Å². The Morgan fingerprint density at radius 2 is 1.93 bits per heavy atom. The van der Waals surface area contributed by atoms with Crippen LogP contribution in [0.2, 0.25) is 0 Å². The zero-order valence-electron chi connectivity index (χ0n) is 17.1. The number of unbranched alkanes of at least 4 members (excludes halogenated alkanes) is 1. The number of fused-ring (bicyclic) bond motifs is 1. The molecule has 1 fully saturated rings.